The molecule has 0 bridgehead atoms. The minimum atomic E-state index is -5.76. The molecule has 0 radical (unpaired) electrons. The Morgan fingerprint density at radius 1 is 0.987 bits per heavy atom. The normalized spacial score (nSPS) is 19.6. The fourth-order valence-electron chi connectivity index (χ4n) is 10.1. The van der Waals surface area contributed by atoms with Gasteiger partial charge in [0.15, 0.2) is 0 Å². The van der Waals surface area contributed by atoms with Crippen LogP contribution in [0.15, 0.2) is 61.1 Å². The number of anilines is 2. The summed E-state index contributed by atoms with van der Waals surface area (Å²) in [6, 6.07) is 16.6. The summed E-state index contributed by atoms with van der Waals surface area (Å²) in [6.07, 6.45) is 3.53. The standard InChI is InChI=1S/C49H57N8O15P3/c1-4-55-20-9-13-30-22-35-40(24-37(30)55)69-41-25-38-31(14-10-21-56(38)5-2)23-36(41)46(35)33-15-6-7-16-34(33)49(60)54(3)19-11-17-43(59)51-18-8-12-32-27-57(48-45(32)47(50)52-29-53-48)44-26-39(58)42(70-44)28-68-74(64,65)72-75(66,67)71-73(61,62)63/h6-7,15-16,22-25,27,29,39,42,44,58H,4-5,9-11,13-14,17-21,26,28H2,1-3H3,(H6-,50,51,52,53,59,61,62,63,64,65,66,67)/p+1/t39-,42+,44+/m0/s1. The largest absolute Gasteiger partial charge is 0.490 e. The molecule has 3 aromatic carbocycles. The predicted molar refractivity (Wildman–Crippen MR) is 274 cm³/mol. The molecular weight excluding hydrogens is 1030 g/mol. The Bertz CT molecular complexity index is 3430. The average molecular weight is 1090 g/mol. The smallest absolute Gasteiger partial charge is 0.456 e. The number of phosphoric acid groups is 3. The summed E-state index contributed by atoms with van der Waals surface area (Å²) in [7, 11) is -15.1. The van der Waals surface area contributed by atoms with Gasteiger partial charge in [0.2, 0.25) is 11.3 Å². The second-order valence-corrected chi connectivity index (χ2v) is 22.9. The van der Waals surface area contributed by atoms with E-state index in [0.717, 1.165) is 85.3 Å². The van der Waals surface area contributed by atoms with Crippen LogP contribution in [0.2, 0.25) is 0 Å². The van der Waals surface area contributed by atoms with E-state index in [0.29, 0.717) is 29.5 Å². The number of rotatable bonds is 17. The van der Waals surface area contributed by atoms with Crippen molar-refractivity contribution in [2.24, 2.45) is 0 Å². The van der Waals surface area contributed by atoms with Crippen molar-refractivity contribution in [3.63, 3.8) is 0 Å². The molecule has 1 saturated heterocycles. The van der Waals surface area contributed by atoms with Gasteiger partial charge in [-0.3, -0.25) is 14.1 Å². The first-order valence-corrected chi connectivity index (χ1v) is 29.0. The minimum Gasteiger partial charge on any atom is -0.456 e. The number of hydrogen-bond acceptors (Lipinski definition) is 15. The van der Waals surface area contributed by atoms with E-state index in [4.69, 9.17) is 25.0 Å². The lowest BCUT2D eigenvalue weighted by atomic mass is 9.86. The first-order chi connectivity index (χ1) is 35.7. The number of fused-ring (bicyclic) bond motifs is 5. The van der Waals surface area contributed by atoms with Crippen LogP contribution in [0.5, 0.6) is 11.5 Å². The fourth-order valence-corrected chi connectivity index (χ4v) is 13.2. The van der Waals surface area contributed by atoms with Gasteiger partial charge in [-0.05, 0) is 68.9 Å². The van der Waals surface area contributed by atoms with Gasteiger partial charge >= 0.3 is 23.5 Å². The zero-order valence-electron chi connectivity index (χ0n) is 41.3. The molecule has 9 rings (SSSR count). The summed E-state index contributed by atoms with van der Waals surface area (Å²) in [4.78, 5) is 76.8. The number of aliphatic hydroxyl groups is 1. The SMILES string of the molecule is CCN1CCCc2cc3c(cc21)Oc1cc2c(cc1=C3c1ccccc1C(=O)N(C)CCCC(=O)NCC#Cc1cn([C@H]3C[C@H](O)[C@@H](COP(=O)(O)OP(=O)(O)OP(=O)(O)O)O3)c3ncnc(N)c13)CCC[N+]=2CC. The number of aliphatic hydroxyl groups excluding tert-OH is 1. The molecule has 4 aliphatic rings. The average Bonchev–Trinajstić information content (AvgIpc) is 3.93. The number of aryl methyl sites for hydroxylation is 2. The van der Waals surface area contributed by atoms with Gasteiger partial charge in [-0.25, -0.2) is 28.2 Å². The van der Waals surface area contributed by atoms with Gasteiger partial charge in [0.25, 0.3) is 5.91 Å². The van der Waals surface area contributed by atoms with Gasteiger partial charge in [-0.1, -0.05) is 30.0 Å². The zero-order valence-corrected chi connectivity index (χ0v) is 44.0. The van der Waals surface area contributed by atoms with Gasteiger partial charge in [-0.15, -0.1) is 0 Å². The van der Waals surface area contributed by atoms with Crippen molar-refractivity contribution in [3.05, 3.63) is 105 Å². The first kappa shape index (κ1) is 54.0. The molecule has 0 aliphatic carbocycles. The zero-order chi connectivity index (χ0) is 53.4. The fraction of sp³-hybridized carbons (Fsp3) is 0.408. The highest BCUT2D eigenvalue weighted by Gasteiger charge is 2.43. The van der Waals surface area contributed by atoms with E-state index in [1.165, 1.54) is 39.3 Å². The Hall–Kier alpha value is -5.82. The third-order valence-corrected chi connectivity index (χ3v) is 17.4. The van der Waals surface area contributed by atoms with Gasteiger partial charge in [0, 0.05) is 91.4 Å². The number of nitrogens with two attached hydrogens (primary N) is 1. The van der Waals surface area contributed by atoms with E-state index in [1.54, 1.807) is 11.9 Å². The second kappa shape index (κ2) is 22.0. The summed E-state index contributed by atoms with van der Waals surface area (Å²) in [5, 5.41) is 16.0. The number of carbonyl (C=O) groups excluding carboxylic acids is 2. The molecule has 2 unspecified atom stereocenters. The van der Waals surface area contributed by atoms with Crippen LogP contribution in [0.1, 0.15) is 90.4 Å². The summed E-state index contributed by atoms with van der Waals surface area (Å²) >= 11 is 0. The Balaban J connectivity index is 0.853. The molecule has 0 saturated carbocycles. The molecule has 5 aromatic rings. The van der Waals surface area contributed by atoms with E-state index in [2.05, 4.69) is 87.9 Å². The number of amides is 2. The van der Waals surface area contributed by atoms with E-state index >= 15 is 0 Å². The van der Waals surface area contributed by atoms with Crippen LogP contribution in [-0.4, -0.2) is 121 Å². The van der Waals surface area contributed by atoms with Gasteiger partial charge in [0.05, 0.1) is 36.3 Å². The Morgan fingerprint density at radius 3 is 2.55 bits per heavy atom. The van der Waals surface area contributed by atoms with Crippen molar-refractivity contribution < 1.29 is 70.6 Å². The Kier molecular flexibility index (Phi) is 15.9. The summed E-state index contributed by atoms with van der Waals surface area (Å²) in [5.74, 6) is 7.01. The topological polar surface area (TPSA) is 311 Å². The molecule has 75 heavy (non-hydrogen) atoms. The second-order valence-electron chi connectivity index (χ2n) is 18.5. The summed E-state index contributed by atoms with van der Waals surface area (Å²) in [5.41, 5.74) is 13.8. The third-order valence-electron chi connectivity index (χ3n) is 13.6. The first-order valence-electron chi connectivity index (χ1n) is 24.5. The lowest BCUT2D eigenvalue weighted by Crippen LogP contribution is -2.39. The number of carbonyl (C=O) groups is 2. The van der Waals surface area contributed by atoms with Gasteiger partial charge < -0.3 is 59.6 Å². The van der Waals surface area contributed by atoms with Gasteiger partial charge in [-0.2, -0.15) is 8.62 Å². The third kappa shape index (κ3) is 11.9. The Morgan fingerprint density at radius 2 is 1.77 bits per heavy atom. The highest BCUT2D eigenvalue weighted by atomic mass is 31.3. The van der Waals surface area contributed by atoms with Crippen LogP contribution in [0.4, 0.5) is 11.5 Å². The number of ether oxygens (including phenoxy) is 2. The van der Waals surface area contributed by atoms with Crippen molar-refractivity contribution in [2.75, 3.05) is 63.6 Å². The number of phosphoric ester groups is 1. The molecule has 1 fully saturated rings. The summed E-state index contributed by atoms with van der Waals surface area (Å²) < 4.78 is 63.6. The maximum atomic E-state index is 14.5. The van der Waals surface area contributed by atoms with Crippen LogP contribution in [-0.2, 0) is 49.2 Å². The molecule has 0 spiro atoms. The highest BCUT2D eigenvalue weighted by Crippen LogP contribution is 2.66. The van der Waals surface area contributed by atoms with Crippen molar-refractivity contribution >= 4 is 63.4 Å². The molecule has 5 atom stereocenters. The van der Waals surface area contributed by atoms with Crippen LogP contribution in [0.25, 0.3) is 16.6 Å². The van der Waals surface area contributed by atoms with Crippen LogP contribution >= 0.6 is 23.5 Å². The molecule has 8 N–H and O–H groups in total. The molecule has 2 aromatic heterocycles. The van der Waals surface area contributed by atoms with E-state index < -0.39 is 48.5 Å². The Labute approximate surface area is 431 Å². The van der Waals surface area contributed by atoms with Crippen LogP contribution in [0, 0.1) is 11.8 Å². The van der Waals surface area contributed by atoms with Crippen molar-refractivity contribution in [1.82, 2.24) is 29.3 Å². The maximum absolute atomic E-state index is 14.5. The van der Waals surface area contributed by atoms with Crippen LogP contribution in [0.3, 0.4) is 0 Å². The maximum Gasteiger partial charge on any atom is 0.490 e. The monoisotopic (exact) mass is 1090 g/mol. The quantitative estimate of drug-likeness (QED) is 0.0390. The molecule has 6 heterocycles. The van der Waals surface area contributed by atoms with Crippen molar-refractivity contribution in [3.8, 4) is 23.3 Å². The number of aromatic nitrogens is 3. The lowest BCUT2D eigenvalue weighted by molar-refractivity contribution is -0.121. The minimum absolute atomic E-state index is 0.0484. The summed E-state index contributed by atoms with van der Waals surface area (Å²) in [6.45, 7) is 7.47. The van der Waals surface area contributed by atoms with Crippen molar-refractivity contribution in [1.29, 1.82) is 0 Å². The number of nitrogen functional groups attached to an aromatic ring is 1. The lowest BCUT2D eigenvalue weighted by Gasteiger charge is -2.33. The van der Waals surface area contributed by atoms with Crippen LogP contribution < -0.4 is 35.8 Å². The van der Waals surface area contributed by atoms with Crippen molar-refractivity contribution in [2.45, 2.75) is 77.2 Å². The molecule has 2 amide bonds. The highest BCUT2D eigenvalue weighted by molar-refractivity contribution is 7.66. The number of nitrogens with one attached hydrogen (secondary N) is 1. The number of hydrogen-bond donors (Lipinski definition) is 7. The molecular formula is C49H58N8O15P3+. The molecule has 4 aliphatic heterocycles. The molecule has 398 valence electrons. The van der Waals surface area contributed by atoms with Gasteiger partial charge in [0.1, 0.15) is 54.7 Å². The molecule has 26 heteroatoms. The van der Waals surface area contributed by atoms with E-state index in [1.807, 2.05) is 24.3 Å². The molecule has 23 nitrogen and oxygen atoms in total. The van der Waals surface area contributed by atoms with E-state index in [9.17, 15) is 38.2 Å². The number of benzene rings is 3. The van der Waals surface area contributed by atoms with E-state index in [-0.39, 0.29) is 42.7 Å². The predicted octanol–water partition coefficient (Wildman–Crippen LogP) is 3.61. The number of nitrogens with zero attached hydrogens (tertiary/aromatic N) is 6.